The highest BCUT2D eigenvalue weighted by Crippen LogP contribution is 2.28. The number of rotatable bonds is 9. The highest BCUT2D eigenvalue weighted by Gasteiger charge is 2.21. The zero-order valence-electron chi connectivity index (χ0n) is 20.2. The second kappa shape index (κ2) is 10.5. The van der Waals surface area contributed by atoms with E-state index in [1.54, 1.807) is 6.07 Å². The van der Waals surface area contributed by atoms with Gasteiger partial charge in [-0.3, -0.25) is 0 Å². The Kier molecular flexibility index (Phi) is 7.68. The van der Waals surface area contributed by atoms with Crippen LogP contribution < -0.4 is 24.1 Å². The molecule has 0 aliphatic rings. The van der Waals surface area contributed by atoms with Crippen molar-refractivity contribution in [3.05, 3.63) is 77.9 Å². The highest BCUT2D eigenvalue weighted by atomic mass is 32.2. The molecule has 3 rings (SSSR count). The molecule has 0 fully saturated rings. The van der Waals surface area contributed by atoms with Crippen molar-refractivity contribution in [3.63, 3.8) is 0 Å². The molecule has 0 aliphatic heterocycles. The fraction of sp³-hybridized carbons (Fsp3) is 0.240. The molecule has 0 aromatic heterocycles. The third-order valence-electron chi connectivity index (χ3n) is 5.25. The molecule has 0 radical (unpaired) electrons. The molecule has 0 bridgehead atoms. The van der Waals surface area contributed by atoms with Crippen molar-refractivity contribution in [2.45, 2.75) is 4.90 Å². The predicted molar refractivity (Wildman–Crippen MR) is 137 cm³/mol. The van der Waals surface area contributed by atoms with Crippen molar-refractivity contribution in [1.82, 2.24) is 4.83 Å². The van der Waals surface area contributed by atoms with Crippen molar-refractivity contribution in [3.8, 4) is 11.5 Å². The van der Waals surface area contributed by atoms with Crippen molar-refractivity contribution in [1.29, 1.82) is 0 Å². The fourth-order valence-electron chi connectivity index (χ4n) is 3.28. The van der Waals surface area contributed by atoms with E-state index < -0.39 is 10.0 Å². The van der Waals surface area contributed by atoms with Gasteiger partial charge in [-0.2, -0.15) is 18.4 Å². The standard InChI is InChI=1S/C25H30N4O4S/c1-28(2)20-11-7-18(8-12-20)25(19-9-13-21(14-10-19)29(3)4)26-27-34(30,31)24-17-22(32-5)15-16-23(24)33-6/h7-17,27H,1-6H3. The van der Waals surface area contributed by atoms with Gasteiger partial charge in [0.15, 0.2) is 0 Å². The summed E-state index contributed by atoms with van der Waals surface area (Å²) in [7, 11) is 6.66. The number of benzene rings is 3. The van der Waals surface area contributed by atoms with Gasteiger partial charge < -0.3 is 19.3 Å². The first-order chi connectivity index (χ1) is 16.2. The van der Waals surface area contributed by atoms with E-state index in [0.717, 1.165) is 22.5 Å². The summed E-state index contributed by atoms with van der Waals surface area (Å²) in [5.74, 6) is 0.583. The van der Waals surface area contributed by atoms with Crippen LogP contribution in [0.2, 0.25) is 0 Å². The van der Waals surface area contributed by atoms with Gasteiger partial charge in [0, 0.05) is 56.8 Å². The SMILES string of the molecule is COc1ccc(OC)c(S(=O)(=O)NN=C(c2ccc(N(C)C)cc2)c2ccc(N(C)C)cc2)c1. The van der Waals surface area contributed by atoms with Crippen LogP contribution in [0.4, 0.5) is 11.4 Å². The Balaban J connectivity index is 2.06. The van der Waals surface area contributed by atoms with E-state index in [9.17, 15) is 8.42 Å². The number of anilines is 2. The Hall–Kier alpha value is -3.72. The molecule has 3 aromatic rings. The number of methoxy groups -OCH3 is 2. The summed E-state index contributed by atoms with van der Waals surface area (Å²) < 4.78 is 36.8. The second-order valence-electron chi connectivity index (χ2n) is 7.95. The highest BCUT2D eigenvalue weighted by molar-refractivity contribution is 7.89. The van der Waals surface area contributed by atoms with E-state index in [4.69, 9.17) is 9.47 Å². The maximum absolute atomic E-state index is 13.2. The Morgan fingerprint density at radius 2 is 1.26 bits per heavy atom. The van der Waals surface area contributed by atoms with Crippen molar-refractivity contribution in [2.75, 3.05) is 52.2 Å². The molecule has 0 unspecified atom stereocenters. The third-order valence-corrected chi connectivity index (χ3v) is 6.48. The molecule has 0 saturated heterocycles. The first-order valence-corrected chi connectivity index (χ1v) is 12.0. The van der Waals surface area contributed by atoms with Crippen LogP contribution in [-0.2, 0) is 10.0 Å². The maximum Gasteiger partial charge on any atom is 0.280 e. The molecular weight excluding hydrogens is 452 g/mol. The molecule has 3 aromatic carbocycles. The normalized spacial score (nSPS) is 10.9. The smallest absolute Gasteiger partial charge is 0.280 e. The average Bonchev–Trinajstić information content (AvgIpc) is 2.84. The molecule has 8 nitrogen and oxygen atoms in total. The van der Waals surface area contributed by atoms with E-state index in [-0.39, 0.29) is 10.6 Å². The monoisotopic (exact) mass is 482 g/mol. The zero-order chi connectivity index (χ0) is 24.9. The number of ether oxygens (including phenoxy) is 2. The number of hydrogen-bond donors (Lipinski definition) is 1. The van der Waals surface area contributed by atoms with Gasteiger partial charge in [0.05, 0.1) is 19.9 Å². The summed E-state index contributed by atoms with van der Waals surface area (Å²) in [4.78, 5) is 6.29. The van der Waals surface area contributed by atoms with Crippen LogP contribution in [0, 0.1) is 0 Å². The number of hydrazone groups is 1. The second-order valence-corrected chi connectivity index (χ2v) is 9.58. The molecule has 180 valence electrons. The molecular formula is C25H30N4O4S. The van der Waals surface area contributed by atoms with Gasteiger partial charge in [0.25, 0.3) is 10.0 Å². The summed E-state index contributed by atoms with van der Waals surface area (Å²) in [5.41, 5.74) is 4.06. The lowest BCUT2D eigenvalue weighted by Crippen LogP contribution is -2.22. The minimum absolute atomic E-state index is 0.0663. The van der Waals surface area contributed by atoms with Crippen molar-refractivity contribution in [2.24, 2.45) is 5.10 Å². The van der Waals surface area contributed by atoms with Gasteiger partial charge in [-0.15, -0.1) is 0 Å². The van der Waals surface area contributed by atoms with E-state index >= 15 is 0 Å². The molecule has 0 aliphatic carbocycles. The molecule has 0 spiro atoms. The Labute approximate surface area is 201 Å². The Morgan fingerprint density at radius 1 is 0.765 bits per heavy atom. The molecule has 9 heteroatoms. The molecule has 34 heavy (non-hydrogen) atoms. The minimum Gasteiger partial charge on any atom is -0.497 e. The van der Waals surface area contributed by atoms with Gasteiger partial charge in [0.1, 0.15) is 16.4 Å². The Bertz CT molecular complexity index is 1200. The van der Waals surface area contributed by atoms with Crippen LogP contribution in [0.15, 0.2) is 76.7 Å². The van der Waals surface area contributed by atoms with Gasteiger partial charge in [-0.25, -0.2) is 0 Å². The van der Waals surface area contributed by atoms with Crippen LogP contribution in [-0.4, -0.2) is 56.5 Å². The van der Waals surface area contributed by atoms with Crippen LogP contribution in [0.1, 0.15) is 11.1 Å². The number of nitrogens with one attached hydrogen (secondary N) is 1. The lowest BCUT2D eigenvalue weighted by molar-refractivity contribution is 0.392. The summed E-state index contributed by atoms with van der Waals surface area (Å²) in [6.45, 7) is 0. The van der Waals surface area contributed by atoms with E-state index in [1.165, 1.54) is 26.4 Å². The quantitative estimate of drug-likeness (QED) is 0.371. The minimum atomic E-state index is -4.05. The fourth-order valence-corrected chi connectivity index (χ4v) is 4.28. The largest absolute Gasteiger partial charge is 0.497 e. The third kappa shape index (κ3) is 5.60. The first kappa shape index (κ1) is 24.9. The lowest BCUT2D eigenvalue weighted by Gasteiger charge is -2.16. The van der Waals surface area contributed by atoms with Crippen LogP contribution >= 0.6 is 0 Å². The predicted octanol–water partition coefficient (Wildman–Crippen LogP) is 3.57. The van der Waals surface area contributed by atoms with Crippen molar-refractivity contribution >= 4 is 27.1 Å². The van der Waals surface area contributed by atoms with Gasteiger partial charge in [-0.1, -0.05) is 24.3 Å². The molecule has 0 heterocycles. The topological polar surface area (TPSA) is 83.5 Å². The summed E-state index contributed by atoms with van der Waals surface area (Å²) in [6, 6.07) is 20.0. The Morgan fingerprint density at radius 3 is 1.68 bits per heavy atom. The van der Waals surface area contributed by atoms with E-state index in [0.29, 0.717) is 11.5 Å². The molecule has 1 N–H and O–H groups in total. The van der Waals surface area contributed by atoms with Gasteiger partial charge in [0.2, 0.25) is 0 Å². The first-order valence-electron chi connectivity index (χ1n) is 10.5. The number of nitrogens with zero attached hydrogens (tertiary/aromatic N) is 3. The van der Waals surface area contributed by atoms with Crippen molar-refractivity contribution < 1.29 is 17.9 Å². The average molecular weight is 483 g/mol. The van der Waals surface area contributed by atoms with Crippen LogP contribution in [0.3, 0.4) is 0 Å². The molecule has 0 saturated carbocycles. The number of hydrogen-bond acceptors (Lipinski definition) is 7. The van der Waals surface area contributed by atoms with Crippen LogP contribution in [0.25, 0.3) is 0 Å². The summed E-state index contributed by atoms with van der Waals surface area (Å²) in [5, 5.41) is 4.35. The summed E-state index contributed by atoms with van der Waals surface area (Å²) >= 11 is 0. The van der Waals surface area contributed by atoms with E-state index in [2.05, 4.69) is 9.93 Å². The van der Waals surface area contributed by atoms with Crippen LogP contribution in [0.5, 0.6) is 11.5 Å². The lowest BCUT2D eigenvalue weighted by atomic mass is 10.0. The van der Waals surface area contributed by atoms with E-state index in [1.807, 2.05) is 86.5 Å². The summed E-state index contributed by atoms with van der Waals surface area (Å²) in [6.07, 6.45) is 0. The number of sulfonamides is 1. The molecule has 0 atom stereocenters. The maximum atomic E-state index is 13.2. The van der Waals surface area contributed by atoms with Gasteiger partial charge >= 0.3 is 0 Å². The zero-order valence-corrected chi connectivity index (χ0v) is 21.1. The molecule has 0 amide bonds. The van der Waals surface area contributed by atoms with Gasteiger partial charge in [-0.05, 0) is 36.4 Å².